The molecule has 0 aliphatic heterocycles. The standard InChI is InChI=1S/C12H26N4O2/c1-9(11(17)13-3)15(5)7-8-16(6)10(2)12(18)14-4/h9-10H,7-8H2,1-6H3,(H,13,17)(H,14,18)/t9-,10-/m1/s1. The molecule has 0 bridgehead atoms. The molecule has 0 saturated heterocycles. The molecular formula is C12H26N4O2. The highest BCUT2D eigenvalue weighted by Gasteiger charge is 2.19. The Morgan fingerprint density at radius 3 is 1.39 bits per heavy atom. The largest absolute Gasteiger partial charge is 0.358 e. The van der Waals surface area contributed by atoms with Crippen molar-refractivity contribution in [1.29, 1.82) is 0 Å². The monoisotopic (exact) mass is 258 g/mol. The zero-order chi connectivity index (χ0) is 14.3. The molecule has 2 amide bonds. The Kier molecular flexibility index (Phi) is 7.54. The SMILES string of the molecule is CNC(=O)[C@@H](C)N(C)CCN(C)[C@H](C)C(=O)NC. The molecule has 0 aromatic rings. The Hall–Kier alpha value is -1.14. The number of amides is 2. The van der Waals surface area contributed by atoms with Gasteiger partial charge >= 0.3 is 0 Å². The molecule has 0 aromatic heterocycles. The Morgan fingerprint density at radius 2 is 1.17 bits per heavy atom. The average Bonchev–Trinajstić information content (AvgIpc) is 2.40. The molecule has 0 saturated carbocycles. The van der Waals surface area contributed by atoms with Crippen molar-refractivity contribution >= 4 is 11.8 Å². The number of nitrogens with zero attached hydrogens (tertiary/aromatic N) is 2. The van der Waals surface area contributed by atoms with Crippen LogP contribution in [-0.2, 0) is 9.59 Å². The fraction of sp³-hybridized carbons (Fsp3) is 0.833. The topological polar surface area (TPSA) is 64.7 Å². The predicted molar refractivity (Wildman–Crippen MR) is 72.3 cm³/mol. The number of nitrogens with one attached hydrogen (secondary N) is 2. The smallest absolute Gasteiger partial charge is 0.236 e. The van der Waals surface area contributed by atoms with Crippen molar-refractivity contribution in [2.24, 2.45) is 0 Å². The lowest BCUT2D eigenvalue weighted by Gasteiger charge is -2.28. The van der Waals surface area contributed by atoms with Gasteiger partial charge in [-0.15, -0.1) is 0 Å². The number of hydrogen-bond donors (Lipinski definition) is 2. The normalized spacial score (nSPS) is 14.4. The summed E-state index contributed by atoms with van der Waals surface area (Å²) in [5.74, 6) is -0.000921. The Balaban J connectivity index is 4.16. The van der Waals surface area contributed by atoms with Crippen LogP contribution in [0.2, 0.25) is 0 Å². The van der Waals surface area contributed by atoms with Crippen LogP contribution in [0.4, 0.5) is 0 Å². The molecule has 0 fully saturated rings. The Labute approximate surface area is 110 Å². The van der Waals surface area contributed by atoms with Crippen LogP contribution in [0.1, 0.15) is 13.8 Å². The third kappa shape index (κ3) is 5.01. The van der Waals surface area contributed by atoms with Gasteiger partial charge in [-0.2, -0.15) is 0 Å². The third-order valence-corrected chi connectivity index (χ3v) is 3.38. The molecule has 0 radical (unpaired) electrons. The summed E-state index contributed by atoms with van der Waals surface area (Å²) in [4.78, 5) is 26.8. The number of rotatable bonds is 7. The molecule has 0 rings (SSSR count). The van der Waals surface area contributed by atoms with E-state index < -0.39 is 0 Å². The first-order chi connectivity index (χ1) is 8.34. The summed E-state index contributed by atoms with van der Waals surface area (Å²) >= 11 is 0. The molecule has 6 heteroatoms. The van der Waals surface area contributed by atoms with Gasteiger partial charge in [-0.25, -0.2) is 0 Å². The van der Waals surface area contributed by atoms with Crippen molar-refractivity contribution < 1.29 is 9.59 Å². The quantitative estimate of drug-likeness (QED) is 0.622. The van der Waals surface area contributed by atoms with Crippen molar-refractivity contribution in [2.45, 2.75) is 25.9 Å². The van der Waals surface area contributed by atoms with Crippen molar-refractivity contribution in [1.82, 2.24) is 20.4 Å². The molecule has 2 N–H and O–H groups in total. The second-order valence-electron chi connectivity index (χ2n) is 4.54. The molecular weight excluding hydrogens is 232 g/mol. The van der Waals surface area contributed by atoms with Gasteiger partial charge in [-0.05, 0) is 27.9 Å². The highest BCUT2D eigenvalue weighted by molar-refractivity contribution is 5.81. The Bertz CT molecular complexity index is 255. The highest BCUT2D eigenvalue weighted by atomic mass is 16.2. The predicted octanol–water partition coefficient (Wildman–Crippen LogP) is -0.881. The van der Waals surface area contributed by atoms with E-state index in [4.69, 9.17) is 0 Å². The van der Waals surface area contributed by atoms with Crippen molar-refractivity contribution in [2.75, 3.05) is 41.3 Å². The van der Waals surface area contributed by atoms with Gasteiger partial charge in [-0.1, -0.05) is 0 Å². The molecule has 0 unspecified atom stereocenters. The number of carbonyl (C=O) groups is 2. The number of carbonyl (C=O) groups excluding carboxylic acids is 2. The molecule has 0 aliphatic carbocycles. The van der Waals surface area contributed by atoms with Crippen molar-refractivity contribution in [3.05, 3.63) is 0 Å². The van der Waals surface area contributed by atoms with Crippen LogP contribution in [0.15, 0.2) is 0 Å². The summed E-state index contributed by atoms with van der Waals surface area (Å²) < 4.78 is 0. The van der Waals surface area contributed by atoms with E-state index in [0.29, 0.717) is 0 Å². The van der Waals surface area contributed by atoms with Gasteiger partial charge in [0.2, 0.25) is 11.8 Å². The van der Waals surface area contributed by atoms with Gasteiger partial charge in [0.25, 0.3) is 0 Å². The molecule has 0 aromatic carbocycles. The summed E-state index contributed by atoms with van der Waals surface area (Å²) in [6.45, 7) is 5.18. The lowest BCUT2D eigenvalue weighted by atomic mass is 10.2. The minimum atomic E-state index is -0.168. The second-order valence-corrected chi connectivity index (χ2v) is 4.54. The summed E-state index contributed by atoms with van der Waals surface area (Å²) in [6.07, 6.45) is 0. The molecule has 0 aliphatic rings. The third-order valence-electron chi connectivity index (χ3n) is 3.38. The molecule has 2 atom stereocenters. The van der Waals surface area contributed by atoms with E-state index in [1.54, 1.807) is 14.1 Å². The maximum absolute atomic E-state index is 11.5. The molecule has 106 valence electrons. The second kappa shape index (κ2) is 8.05. The van der Waals surface area contributed by atoms with Gasteiger partial charge in [0, 0.05) is 27.2 Å². The maximum Gasteiger partial charge on any atom is 0.236 e. The van der Waals surface area contributed by atoms with Crippen LogP contribution >= 0.6 is 0 Å². The van der Waals surface area contributed by atoms with E-state index >= 15 is 0 Å². The first kappa shape index (κ1) is 16.9. The van der Waals surface area contributed by atoms with Crippen molar-refractivity contribution in [3.63, 3.8) is 0 Å². The van der Waals surface area contributed by atoms with Gasteiger partial charge in [0.05, 0.1) is 12.1 Å². The maximum atomic E-state index is 11.5. The summed E-state index contributed by atoms with van der Waals surface area (Å²) in [6, 6.07) is -0.336. The number of likely N-dealkylation sites (N-methyl/N-ethyl adjacent to an activating group) is 4. The van der Waals surface area contributed by atoms with Gasteiger partial charge in [0.1, 0.15) is 0 Å². The minimum Gasteiger partial charge on any atom is -0.358 e. The minimum absolute atomic E-state index is 0.000460. The molecule has 0 spiro atoms. The van der Waals surface area contributed by atoms with Gasteiger partial charge < -0.3 is 10.6 Å². The van der Waals surface area contributed by atoms with E-state index in [2.05, 4.69) is 10.6 Å². The van der Waals surface area contributed by atoms with E-state index in [-0.39, 0.29) is 23.9 Å². The molecule has 18 heavy (non-hydrogen) atoms. The van der Waals surface area contributed by atoms with E-state index in [1.165, 1.54) is 0 Å². The fourth-order valence-corrected chi connectivity index (χ4v) is 1.52. The molecule has 0 heterocycles. The summed E-state index contributed by atoms with van der Waals surface area (Å²) in [5.41, 5.74) is 0. The zero-order valence-corrected chi connectivity index (χ0v) is 12.3. The van der Waals surface area contributed by atoms with Crippen molar-refractivity contribution in [3.8, 4) is 0 Å². The summed E-state index contributed by atoms with van der Waals surface area (Å²) in [5, 5.41) is 5.25. The zero-order valence-electron chi connectivity index (χ0n) is 12.3. The van der Waals surface area contributed by atoms with E-state index in [0.717, 1.165) is 13.1 Å². The molecule has 6 nitrogen and oxygen atoms in total. The average molecular weight is 258 g/mol. The van der Waals surface area contributed by atoms with Gasteiger partial charge in [-0.3, -0.25) is 19.4 Å². The van der Waals surface area contributed by atoms with Crippen LogP contribution in [0.3, 0.4) is 0 Å². The lowest BCUT2D eigenvalue weighted by molar-refractivity contribution is -0.126. The Morgan fingerprint density at radius 1 is 0.889 bits per heavy atom. The van der Waals surface area contributed by atoms with Crippen LogP contribution < -0.4 is 10.6 Å². The first-order valence-corrected chi connectivity index (χ1v) is 6.18. The van der Waals surface area contributed by atoms with Crippen LogP contribution in [-0.4, -0.2) is 75.0 Å². The van der Waals surface area contributed by atoms with Crippen LogP contribution in [0.25, 0.3) is 0 Å². The van der Waals surface area contributed by atoms with E-state index in [1.807, 2.05) is 37.7 Å². The lowest BCUT2D eigenvalue weighted by Crippen LogP contribution is -2.47. The first-order valence-electron chi connectivity index (χ1n) is 6.18. The number of hydrogen-bond acceptors (Lipinski definition) is 4. The highest BCUT2D eigenvalue weighted by Crippen LogP contribution is 1.99. The van der Waals surface area contributed by atoms with Crippen LogP contribution in [0, 0.1) is 0 Å². The van der Waals surface area contributed by atoms with Crippen LogP contribution in [0.5, 0.6) is 0 Å². The fourth-order valence-electron chi connectivity index (χ4n) is 1.52. The van der Waals surface area contributed by atoms with E-state index in [9.17, 15) is 9.59 Å². The summed E-state index contributed by atoms with van der Waals surface area (Å²) in [7, 11) is 7.07. The van der Waals surface area contributed by atoms with Gasteiger partial charge in [0.15, 0.2) is 0 Å².